The van der Waals surface area contributed by atoms with Gasteiger partial charge in [0.2, 0.25) is 5.91 Å². The predicted octanol–water partition coefficient (Wildman–Crippen LogP) is 2.89. The SMILES string of the molecule is C.CC(C)(C)OC(=O)c1ccc(F)cc1.NC(=O)C1CCNCC1. The van der Waals surface area contributed by atoms with Gasteiger partial charge in [-0.2, -0.15) is 0 Å². The standard InChI is InChI=1S/C11H13FO2.C6H12N2O.CH4/c1-11(2,3)14-10(13)8-4-6-9(12)7-5-8;7-6(9)5-1-3-8-4-2-5;/h4-7H,1-3H3;5,8H,1-4H2,(H2,7,9);1H4. The van der Waals surface area contributed by atoms with E-state index in [9.17, 15) is 14.0 Å². The predicted molar refractivity (Wildman–Crippen MR) is 93.1 cm³/mol. The van der Waals surface area contributed by atoms with Gasteiger partial charge in [-0.05, 0) is 71.0 Å². The summed E-state index contributed by atoms with van der Waals surface area (Å²) >= 11 is 0. The summed E-state index contributed by atoms with van der Waals surface area (Å²) < 4.78 is 17.6. The fourth-order valence-electron chi connectivity index (χ4n) is 2.03. The second-order valence-corrected chi connectivity index (χ2v) is 6.44. The molecule has 1 saturated heterocycles. The van der Waals surface area contributed by atoms with E-state index in [-0.39, 0.29) is 25.1 Å². The zero-order valence-electron chi connectivity index (χ0n) is 13.9. The van der Waals surface area contributed by atoms with Crippen molar-refractivity contribution >= 4 is 11.9 Å². The molecule has 3 N–H and O–H groups in total. The second-order valence-electron chi connectivity index (χ2n) is 6.44. The Morgan fingerprint density at radius 3 is 2.04 bits per heavy atom. The molecule has 1 aromatic carbocycles. The van der Waals surface area contributed by atoms with Crippen LogP contribution >= 0.6 is 0 Å². The van der Waals surface area contributed by atoms with Crippen LogP contribution in [0.15, 0.2) is 24.3 Å². The molecule has 0 aliphatic carbocycles. The van der Waals surface area contributed by atoms with Crippen LogP contribution in [0.1, 0.15) is 51.4 Å². The van der Waals surface area contributed by atoms with Crippen molar-refractivity contribution in [2.45, 2.75) is 46.6 Å². The number of carbonyl (C=O) groups is 2. The Morgan fingerprint density at radius 2 is 1.67 bits per heavy atom. The van der Waals surface area contributed by atoms with Gasteiger partial charge < -0.3 is 15.8 Å². The lowest BCUT2D eigenvalue weighted by molar-refractivity contribution is -0.122. The average Bonchev–Trinajstić information content (AvgIpc) is 2.47. The third-order valence-electron chi connectivity index (χ3n) is 3.22. The van der Waals surface area contributed by atoms with Crippen molar-refractivity contribution in [3.63, 3.8) is 0 Å². The van der Waals surface area contributed by atoms with E-state index in [1.54, 1.807) is 20.8 Å². The molecule has 1 fully saturated rings. The average molecular weight is 340 g/mol. The molecule has 1 heterocycles. The maximum Gasteiger partial charge on any atom is 0.338 e. The number of primary amides is 1. The van der Waals surface area contributed by atoms with E-state index in [0.29, 0.717) is 5.56 Å². The van der Waals surface area contributed by atoms with Crippen LogP contribution in [0.25, 0.3) is 0 Å². The Bertz CT molecular complexity index is 518. The third-order valence-corrected chi connectivity index (χ3v) is 3.22. The summed E-state index contributed by atoms with van der Waals surface area (Å²) in [4.78, 5) is 22.0. The highest BCUT2D eigenvalue weighted by molar-refractivity contribution is 5.89. The number of benzene rings is 1. The normalized spacial score (nSPS) is 14.7. The Labute approximate surface area is 143 Å². The number of amides is 1. The van der Waals surface area contributed by atoms with Gasteiger partial charge in [0.1, 0.15) is 11.4 Å². The Morgan fingerprint density at radius 1 is 1.17 bits per heavy atom. The first-order chi connectivity index (χ1) is 10.7. The molecule has 0 unspecified atom stereocenters. The minimum absolute atomic E-state index is 0. The van der Waals surface area contributed by atoms with Gasteiger partial charge in [0.25, 0.3) is 0 Å². The van der Waals surface area contributed by atoms with Crippen LogP contribution in [0.3, 0.4) is 0 Å². The van der Waals surface area contributed by atoms with Crippen molar-refractivity contribution < 1.29 is 18.7 Å². The molecule has 136 valence electrons. The van der Waals surface area contributed by atoms with Crippen LogP contribution in [-0.2, 0) is 9.53 Å². The maximum absolute atomic E-state index is 12.5. The zero-order valence-corrected chi connectivity index (χ0v) is 13.9. The number of nitrogens with one attached hydrogen (secondary N) is 1. The van der Waals surface area contributed by atoms with Gasteiger partial charge in [0.05, 0.1) is 5.56 Å². The fraction of sp³-hybridized carbons (Fsp3) is 0.556. The lowest BCUT2D eigenvalue weighted by Crippen LogP contribution is -2.34. The largest absolute Gasteiger partial charge is 0.456 e. The number of ether oxygens (including phenoxy) is 1. The van der Waals surface area contributed by atoms with Crippen LogP contribution < -0.4 is 11.1 Å². The van der Waals surface area contributed by atoms with E-state index in [2.05, 4.69) is 5.32 Å². The second kappa shape index (κ2) is 10.0. The van der Waals surface area contributed by atoms with Crippen molar-refractivity contribution in [2.75, 3.05) is 13.1 Å². The van der Waals surface area contributed by atoms with Crippen LogP contribution in [0.5, 0.6) is 0 Å². The molecular weight excluding hydrogens is 311 g/mol. The summed E-state index contributed by atoms with van der Waals surface area (Å²) in [6.07, 6.45) is 1.82. The zero-order chi connectivity index (χ0) is 17.5. The molecule has 0 bridgehead atoms. The molecule has 0 spiro atoms. The van der Waals surface area contributed by atoms with Crippen LogP contribution in [0.4, 0.5) is 4.39 Å². The molecule has 0 radical (unpaired) electrons. The van der Waals surface area contributed by atoms with Crippen molar-refractivity contribution in [3.8, 4) is 0 Å². The molecule has 1 aliphatic rings. The van der Waals surface area contributed by atoms with Gasteiger partial charge in [-0.1, -0.05) is 7.43 Å². The maximum atomic E-state index is 12.5. The molecule has 0 aromatic heterocycles. The lowest BCUT2D eigenvalue weighted by atomic mass is 9.98. The number of rotatable bonds is 2. The van der Waals surface area contributed by atoms with Gasteiger partial charge >= 0.3 is 5.97 Å². The minimum atomic E-state index is -0.522. The summed E-state index contributed by atoms with van der Waals surface area (Å²) in [5.74, 6) is -0.808. The van der Waals surface area contributed by atoms with E-state index in [0.717, 1.165) is 25.9 Å². The number of hydrogen-bond donors (Lipinski definition) is 2. The van der Waals surface area contributed by atoms with Gasteiger partial charge in [-0.15, -0.1) is 0 Å². The minimum Gasteiger partial charge on any atom is -0.456 e. The summed E-state index contributed by atoms with van der Waals surface area (Å²) in [6.45, 7) is 7.23. The van der Waals surface area contributed by atoms with Crippen LogP contribution in [-0.4, -0.2) is 30.6 Å². The van der Waals surface area contributed by atoms with E-state index in [1.807, 2.05) is 0 Å². The van der Waals surface area contributed by atoms with Crippen LogP contribution in [0.2, 0.25) is 0 Å². The smallest absolute Gasteiger partial charge is 0.338 e. The van der Waals surface area contributed by atoms with E-state index < -0.39 is 11.6 Å². The summed E-state index contributed by atoms with van der Waals surface area (Å²) in [7, 11) is 0. The highest BCUT2D eigenvalue weighted by Gasteiger charge is 2.18. The van der Waals surface area contributed by atoms with Gasteiger partial charge in [-0.25, -0.2) is 9.18 Å². The number of hydrogen-bond acceptors (Lipinski definition) is 4. The number of piperidine rings is 1. The molecule has 24 heavy (non-hydrogen) atoms. The van der Waals surface area contributed by atoms with Crippen molar-refractivity contribution in [1.29, 1.82) is 0 Å². The van der Waals surface area contributed by atoms with E-state index >= 15 is 0 Å². The topological polar surface area (TPSA) is 81.4 Å². The number of nitrogens with two attached hydrogens (primary N) is 1. The van der Waals surface area contributed by atoms with Gasteiger partial charge in [0.15, 0.2) is 0 Å². The van der Waals surface area contributed by atoms with E-state index in [4.69, 9.17) is 10.5 Å². The molecule has 1 aliphatic heterocycles. The summed E-state index contributed by atoms with van der Waals surface area (Å²) in [5, 5.41) is 3.16. The highest BCUT2D eigenvalue weighted by Crippen LogP contribution is 2.12. The monoisotopic (exact) mass is 340 g/mol. The van der Waals surface area contributed by atoms with Crippen molar-refractivity contribution in [1.82, 2.24) is 5.32 Å². The first kappa shape index (κ1) is 22.1. The molecular formula is C18H29FN2O3. The highest BCUT2D eigenvalue weighted by atomic mass is 19.1. The first-order valence-corrected chi connectivity index (χ1v) is 7.68. The first-order valence-electron chi connectivity index (χ1n) is 7.68. The molecule has 1 amide bonds. The number of halogens is 1. The Kier molecular flexibility index (Phi) is 9.21. The Hall–Kier alpha value is -1.95. The quantitative estimate of drug-likeness (QED) is 0.811. The van der Waals surface area contributed by atoms with Gasteiger partial charge in [-0.3, -0.25) is 4.79 Å². The van der Waals surface area contributed by atoms with Crippen molar-refractivity contribution in [2.24, 2.45) is 11.7 Å². The van der Waals surface area contributed by atoms with Crippen molar-refractivity contribution in [3.05, 3.63) is 35.6 Å². The summed E-state index contributed by atoms with van der Waals surface area (Å²) in [5.41, 5.74) is 4.94. The molecule has 0 saturated carbocycles. The van der Waals surface area contributed by atoms with E-state index in [1.165, 1.54) is 24.3 Å². The molecule has 2 rings (SSSR count). The molecule has 0 atom stereocenters. The third kappa shape index (κ3) is 8.62. The summed E-state index contributed by atoms with van der Waals surface area (Å²) in [6, 6.07) is 5.28. The lowest BCUT2D eigenvalue weighted by Gasteiger charge is -2.19. The fourth-order valence-corrected chi connectivity index (χ4v) is 2.03. The number of carbonyl (C=O) groups excluding carboxylic acids is 2. The molecule has 1 aromatic rings. The van der Waals surface area contributed by atoms with Gasteiger partial charge in [0, 0.05) is 5.92 Å². The molecule has 6 heteroatoms. The van der Waals surface area contributed by atoms with Crippen LogP contribution in [0, 0.1) is 11.7 Å². The Balaban J connectivity index is 0.000000460. The molecule has 5 nitrogen and oxygen atoms in total. The number of esters is 1.